The van der Waals surface area contributed by atoms with Gasteiger partial charge in [0.2, 0.25) is 0 Å². The number of nitrogens with one attached hydrogen (secondary N) is 2. The zero-order chi connectivity index (χ0) is 29.4. The lowest BCUT2D eigenvalue weighted by Gasteiger charge is -2.39. The van der Waals surface area contributed by atoms with E-state index in [0.717, 1.165) is 70.0 Å². The highest BCUT2D eigenvalue weighted by Crippen LogP contribution is 2.49. The van der Waals surface area contributed by atoms with Gasteiger partial charge < -0.3 is 21.5 Å². The summed E-state index contributed by atoms with van der Waals surface area (Å²) in [5.41, 5.74) is 9.56. The molecule has 3 fully saturated rings. The lowest BCUT2D eigenvalue weighted by molar-refractivity contribution is 0.00798. The molecule has 3 aliphatic rings. The second-order valence-corrected chi connectivity index (χ2v) is 12.7. The standard InChI is InChI=1S/C38H42N4O/c1-40-37-33(24-30-23-32(39)17-18-34(30)42-37)35(26-10-3-2-4-11-26)38(43,31-16-15-25-9-5-6-12-27(25)22-31)19-7-8-20-41-36-28-13-14-29(36)21-28/h2-6,9-12,15-18,22-24,28-29,35-36,41,43H,7-8,13-14,19-21,39H2,1H3,(H,40,42). The van der Waals surface area contributed by atoms with Crippen molar-refractivity contribution in [3.05, 3.63) is 114 Å². The van der Waals surface area contributed by atoms with E-state index in [4.69, 9.17) is 10.7 Å². The maximum atomic E-state index is 13.2. The first kappa shape index (κ1) is 27.9. The van der Waals surface area contributed by atoms with Crippen molar-refractivity contribution in [3.63, 3.8) is 0 Å². The largest absolute Gasteiger partial charge is 0.399 e. The summed E-state index contributed by atoms with van der Waals surface area (Å²) in [5, 5.41) is 23.7. The smallest absolute Gasteiger partial charge is 0.130 e. The van der Waals surface area contributed by atoms with E-state index in [9.17, 15) is 5.11 Å². The molecule has 0 saturated heterocycles. The molecule has 2 bridgehead atoms. The molecule has 0 amide bonds. The van der Waals surface area contributed by atoms with Crippen molar-refractivity contribution in [2.24, 2.45) is 11.8 Å². The zero-order valence-corrected chi connectivity index (χ0v) is 25.0. The van der Waals surface area contributed by atoms with Crippen LogP contribution in [-0.2, 0) is 5.60 Å². The van der Waals surface area contributed by atoms with E-state index in [1.54, 1.807) is 0 Å². The number of aromatic nitrogens is 1. The van der Waals surface area contributed by atoms with Gasteiger partial charge in [-0.2, -0.15) is 0 Å². The number of rotatable bonds is 11. The number of anilines is 2. The van der Waals surface area contributed by atoms with Crippen LogP contribution in [0.15, 0.2) is 97.1 Å². The predicted molar refractivity (Wildman–Crippen MR) is 178 cm³/mol. The van der Waals surface area contributed by atoms with Crippen LogP contribution in [-0.4, -0.2) is 29.7 Å². The highest BCUT2D eigenvalue weighted by atomic mass is 16.3. The first-order chi connectivity index (χ1) is 21.0. The Morgan fingerprint density at radius 1 is 0.860 bits per heavy atom. The summed E-state index contributed by atoms with van der Waals surface area (Å²) in [6, 6.07) is 34.0. The number of nitrogens with two attached hydrogens (primary N) is 1. The van der Waals surface area contributed by atoms with E-state index in [-0.39, 0.29) is 5.92 Å². The molecule has 220 valence electrons. The molecule has 3 aliphatic carbocycles. The number of hydrogen-bond acceptors (Lipinski definition) is 5. The summed E-state index contributed by atoms with van der Waals surface area (Å²) >= 11 is 0. The van der Waals surface area contributed by atoms with Gasteiger partial charge >= 0.3 is 0 Å². The molecule has 5 aromatic rings. The molecule has 5 nitrogen and oxygen atoms in total. The van der Waals surface area contributed by atoms with E-state index in [1.165, 1.54) is 24.6 Å². The van der Waals surface area contributed by atoms with Gasteiger partial charge in [0.05, 0.1) is 5.52 Å². The van der Waals surface area contributed by atoms with Crippen molar-refractivity contribution >= 4 is 33.2 Å². The molecule has 8 rings (SSSR count). The quantitative estimate of drug-likeness (QED) is 0.0971. The van der Waals surface area contributed by atoms with Crippen LogP contribution in [0.3, 0.4) is 0 Å². The summed E-state index contributed by atoms with van der Waals surface area (Å²) in [4.78, 5) is 5.02. The van der Waals surface area contributed by atoms with Crippen LogP contribution in [0.25, 0.3) is 21.7 Å². The topological polar surface area (TPSA) is 83.2 Å². The summed E-state index contributed by atoms with van der Waals surface area (Å²) in [7, 11) is 1.91. The van der Waals surface area contributed by atoms with Crippen molar-refractivity contribution in [2.75, 3.05) is 24.6 Å². The highest BCUT2D eigenvalue weighted by molar-refractivity contribution is 5.86. The Labute approximate surface area is 254 Å². The fraction of sp³-hybridized carbons (Fsp3) is 0.342. The Hall–Kier alpha value is -3.93. The number of aliphatic hydroxyl groups is 1. The van der Waals surface area contributed by atoms with Gasteiger partial charge in [-0.25, -0.2) is 4.98 Å². The summed E-state index contributed by atoms with van der Waals surface area (Å²) in [5.74, 6) is 2.19. The van der Waals surface area contributed by atoms with Crippen LogP contribution in [0.5, 0.6) is 0 Å². The average Bonchev–Trinajstić information content (AvgIpc) is 3.69. The van der Waals surface area contributed by atoms with Crippen LogP contribution < -0.4 is 16.4 Å². The average molecular weight is 571 g/mol. The molecular formula is C38H42N4O. The van der Waals surface area contributed by atoms with Crippen molar-refractivity contribution < 1.29 is 5.11 Å². The lowest BCUT2D eigenvalue weighted by atomic mass is 9.70. The maximum Gasteiger partial charge on any atom is 0.130 e. The molecule has 5 heteroatoms. The first-order valence-electron chi connectivity index (χ1n) is 15.9. The summed E-state index contributed by atoms with van der Waals surface area (Å²) < 4.78 is 0. The molecular weight excluding hydrogens is 528 g/mol. The van der Waals surface area contributed by atoms with Crippen LogP contribution in [0.2, 0.25) is 0 Å². The molecule has 0 radical (unpaired) electrons. The molecule has 1 aromatic heterocycles. The number of fused-ring (bicyclic) bond motifs is 3. The molecule has 43 heavy (non-hydrogen) atoms. The number of hydrogen-bond donors (Lipinski definition) is 4. The first-order valence-corrected chi connectivity index (χ1v) is 15.9. The second-order valence-electron chi connectivity index (χ2n) is 12.7. The molecule has 0 aliphatic heterocycles. The summed E-state index contributed by atoms with van der Waals surface area (Å²) in [6.45, 7) is 1.00. The Balaban J connectivity index is 1.31. The highest BCUT2D eigenvalue weighted by Gasteiger charge is 2.46. The molecule has 4 atom stereocenters. The van der Waals surface area contributed by atoms with E-state index in [1.807, 2.05) is 31.3 Å². The Bertz CT molecular complexity index is 1720. The number of pyridine rings is 1. The van der Waals surface area contributed by atoms with Gasteiger partial charge in [0.1, 0.15) is 11.4 Å². The lowest BCUT2D eigenvalue weighted by Crippen LogP contribution is -2.46. The van der Waals surface area contributed by atoms with Crippen LogP contribution in [0, 0.1) is 11.8 Å². The fourth-order valence-corrected chi connectivity index (χ4v) is 7.92. The van der Waals surface area contributed by atoms with Gasteiger partial charge in [-0.3, -0.25) is 0 Å². The van der Waals surface area contributed by atoms with E-state index in [2.05, 4.69) is 83.4 Å². The van der Waals surface area contributed by atoms with Crippen LogP contribution in [0.4, 0.5) is 11.5 Å². The molecule has 4 unspecified atom stereocenters. The normalized spacial score (nSPS) is 21.4. The predicted octanol–water partition coefficient (Wildman–Crippen LogP) is 7.59. The van der Waals surface area contributed by atoms with E-state index < -0.39 is 5.60 Å². The van der Waals surface area contributed by atoms with Crippen molar-refractivity contribution in [3.8, 4) is 0 Å². The Morgan fingerprint density at radius 3 is 2.40 bits per heavy atom. The van der Waals surface area contributed by atoms with Gasteiger partial charge in [0.15, 0.2) is 0 Å². The number of nitrogens with zero attached hydrogens (tertiary/aromatic N) is 1. The van der Waals surface area contributed by atoms with Gasteiger partial charge in [-0.05, 0) is 109 Å². The monoisotopic (exact) mass is 570 g/mol. The van der Waals surface area contributed by atoms with E-state index >= 15 is 0 Å². The fourth-order valence-electron chi connectivity index (χ4n) is 7.92. The minimum atomic E-state index is -1.18. The van der Waals surface area contributed by atoms with Crippen molar-refractivity contribution in [2.45, 2.75) is 56.1 Å². The molecule has 4 aromatic carbocycles. The zero-order valence-electron chi connectivity index (χ0n) is 25.0. The minimum absolute atomic E-state index is 0.355. The van der Waals surface area contributed by atoms with E-state index in [0.29, 0.717) is 18.2 Å². The summed E-state index contributed by atoms with van der Waals surface area (Å²) in [6.07, 6.45) is 6.76. The van der Waals surface area contributed by atoms with Gasteiger partial charge in [-0.1, -0.05) is 66.7 Å². The third-order valence-corrected chi connectivity index (χ3v) is 10.2. The second kappa shape index (κ2) is 11.6. The van der Waals surface area contributed by atoms with Gasteiger partial charge in [0, 0.05) is 35.6 Å². The third-order valence-electron chi connectivity index (χ3n) is 10.2. The van der Waals surface area contributed by atoms with Crippen molar-refractivity contribution in [1.29, 1.82) is 0 Å². The number of unbranched alkanes of at least 4 members (excludes halogenated alkanes) is 1. The molecule has 0 spiro atoms. The Morgan fingerprint density at radius 2 is 1.63 bits per heavy atom. The number of nitrogen functional groups attached to an aromatic ring is 1. The SMILES string of the molecule is CNc1nc2ccc(N)cc2cc1C(c1ccccc1)C(O)(CCCCNC1C2CCC1C2)c1ccc2ccccc2c1. The minimum Gasteiger partial charge on any atom is -0.399 e. The van der Waals surface area contributed by atoms with Gasteiger partial charge in [0.25, 0.3) is 0 Å². The van der Waals surface area contributed by atoms with Crippen LogP contribution in [0.1, 0.15) is 61.1 Å². The maximum absolute atomic E-state index is 13.2. The van der Waals surface area contributed by atoms with Gasteiger partial charge in [-0.15, -0.1) is 0 Å². The Kier molecular flexibility index (Phi) is 7.54. The molecule has 3 saturated carbocycles. The number of benzene rings is 4. The molecule has 1 heterocycles. The van der Waals surface area contributed by atoms with Crippen LogP contribution >= 0.6 is 0 Å². The molecule has 5 N–H and O–H groups in total. The van der Waals surface area contributed by atoms with Crippen molar-refractivity contribution in [1.82, 2.24) is 10.3 Å². The third kappa shape index (κ3) is 5.26.